The highest BCUT2D eigenvalue weighted by molar-refractivity contribution is 6.31. The van der Waals surface area contributed by atoms with Gasteiger partial charge in [-0.25, -0.2) is 0 Å². The van der Waals surface area contributed by atoms with Crippen LogP contribution in [0.1, 0.15) is 76.8 Å². The first-order valence-corrected chi connectivity index (χ1v) is 14.1. The lowest BCUT2D eigenvalue weighted by Gasteiger charge is -2.33. The molecule has 6 nitrogen and oxygen atoms in total. The molecule has 1 aliphatic rings. The molecule has 202 valence electrons. The Kier molecular flexibility index (Phi) is 11.6. The lowest BCUT2D eigenvalue weighted by molar-refractivity contribution is -0.141. The maximum Gasteiger partial charge on any atom is 0.243 e. The van der Waals surface area contributed by atoms with Crippen molar-refractivity contribution in [2.45, 2.75) is 90.8 Å². The normalized spacial score (nSPS) is 14.6. The van der Waals surface area contributed by atoms with Crippen LogP contribution in [0.3, 0.4) is 0 Å². The Morgan fingerprint density at radius 3 is 2.38 bits per heavy atom. The van der Waals surface area contributed by atoms with Crippen molar-refractivity contribution in [1.29, 1.82) is 0 Å². The molecule has 7 heteroatoms. The van der Waals surface area contributed by atoms with Crippen LogP contribution in [0.25, 0.3) is 0 Å². The van der Waals surface area contributed by atoms with E-state index in [9.17, 15) is 9.59 Å². The van der Waals surface area contributed by atoms with E-state index < -0.39 is 6.04 Å². The van der Waals surface area contributed by atoms with Crippen molar-refractivity contribution in [1.82, 2.24) is 10.2 Å². The number of hydrogen-bond acceptors (Lipinski definition) is 4. The van der Waals surface area contributed by atoms with E-state index in [0.29, 0.717) is 49.1 Å². The van der Waals surface area contributed by atoms with Gasteiger partial charge in [-0.15, -0.1) is 0 Å². The molecule has 1 N–H and O–H groups in total. The van der Waals surface area contributed by atoms with E-state index in [1.165, 1.54) is 6.42 Å². The Bertz CT molecular complexity index is 1020. The molecule has 1 aliphatic carbocycles. The zero-order valence-corrected chi connectivity index (χ0v) is 23.2. The zero-order chi connectivity index (χ0) is 26.6. The fraction of sp³-hybridized carbons (Fsp3) is 0.533. The first kappa shape index (κ1) is 28.8. The topological polar surface area (TPSA) is 67.9 Å². The van der Waals surface area contributed by atoms with Crippen LogP contribution >= 0.6 is 11.6 Å². The van der Waals surface area contributed by atoms with E-state index in [2.05, 4.69) is 5.32 Å². The Hall–Kier alpha value is -2.73. The maximum atomic E-state index is 13.7. The minimum atomic E-state index is -0.551. The third kappa shape index (κ3) is 8.39. The van der Waals surface area contributed by atoms with Crippen molar-refractivity contribution in [3.05, 3.63) is 58.6 Å². The Morgan fingerprint density at radius 2 is 1.70 bits per heavy atom. The first-order chi connectivity index (χ1) is 18.0. The number of nitrogens with one attached hydrogen (secondary N) is 1. The molecule has 3 rings (SSSR count). The SMILES string of the molecule is CCOc1ccc(CCC(=O)N(Cc2ccccc2Cl)[C@@H](CC)C(=O)NC2CCCCC2)cc1OCC. The fourth-order valence-corrected chi connectivity index (χ4v) is 5.12. The number of amides is 2. The van der Waals surface area contributed by atoms with Crippen molar-refractivity contribution in [2.24, 2.45) is 0 Å². The molecule has 1 saturated carbocycles. The molecule has 0 heterocycles. The molecular formula is C30H41ClN2O4. The second-order valence-electron chi connectivity index (χ2n) is 9.53. The highest BCUT2D eigenvalue weighted by Gasteiger charge is 2.30. The highest BCUT2D eigenvalue weighted by Crippen LogP contribution is 2.29. The molecule has 0 saturated heterocycles. The third-order valence-corrected chi connectivity index (χ3v) is 7.24. The van der Waals surface area contributed by atoms with Gasteiger partial charge in [0.25, 0.3) is 0 Å². The molecule has 0 spiro atoms. The second-order valence-corrected chi connectivity index (χ2v) is 9.93. The van der Waals surface area contributed by atoms with Crippen LogP contribution < -0.4 is 14.8 Å². The van der Waals surface area contributed by atoms with E-state index >= 15 is 0 Å². The zero-order valence-electron chi connectivity index (χ0n) is 22.4. The van der Waals surface area contributed by atoms with Gasteiger partial charge in [-0.3, -0.25) is 9.59 Å². The second kappa shape index (κ2) is 14.9. The summed E-state index contributed by atoms with van der Waals surface area (Å²) in [5.41, 5.74) is 1.82. The van der Waals surface area contributed by atoms with Crippen molar-refractivity contribution >= 4 is 23.4 Å². The van der Waals surface area contributed by atoms with E-state index in [1.54, 1.807) is 4.90 Å². The van der Waals surface area contributed by atoms with Gasteiger partial charge in [-0.2, -0.15) is 0 Å². The quantitative estimate of drug-likeness (QED) is 0.330. The van der Waals surface area contributed by atoms with Crippen LogP contribution in [0.4, 0.5) is 0 Å². The number of carbonyl (C=O) groups is 2. The van der Waals surface area contributed by atoms with Crippen molar-refractivity contribution in [3.8, 4) is 11.5 Å². The number of nitrogens with zero attached hydrogens (tertiary/aromatic N) is 1. The largest absolute Gasteiger partial charge is 0.490 e. The molecule has 2 aromatic carbocycles. The summed E-state index contributed by atoms with van der Waals surface area (Å²) in [6.45, 7) is 7.20. The van der Waals surface area contributed by atoms with Crippen LogP contribution in [0.2, 0.25) is 5.02 Å². The number of aryl methyl sites for hydroxylation is 1. The molecule has 2 aromatic rings. The predicted octanol–water partition coefficient (Wildman–Crippen LogP) is 6.33. The van der Waals surface area contributed by atoms with Gasteiger partial charge in [0.15, 0.2) is 11.5 Å². The van der Waals surface area contributed by atoms with Crippen LogP contribution in [-0.4, -0.2) is 42.0 Å². The summed E-state index contributed by atoms with van der Waals surface area (Å²) in [7, 11) is 0. The molecule has 0 unspecified atom stereocenters. The summed E-state index contributed by atoms with van der Waals surface area (Å²) in [6, 6.07) is 12.9. The van der Waals surface area contributed by atoms with Crippen molar-refractivity contribution in [3.63, 3.8) is 0 Å². The van der Waals surface area contributed by atoms with Crippen LogP contribution in [0.15, 0.2) is 42.5 Å². The van der Waals surface area contributed by atoms with E-state index in [-0.39, 0.29) is 24.3 Å². The van der Waals surface area contributed by atoms with Gasteiger partial charge in [0.1, 0.15) is 6.04 Å². The summed E-state index contributed by atoms with van der Waals surface area (Å²) < 4.78 is 11.4. The standard InChI is InChI=1S/C30H41ClN2O4/c1-4-26(30(35)32-24-13-8-7-9-14-24)33(21-23-12-10-11-15-25(23)31)29(34)19-17-22-16-18-27(36-5-2)28(20-22)37-6-3/h10-12,15-16,18,20,24,26H,4-9,13-14,17,19,21H2,1-3H3,(H,32,35)/t26-/m0/s1. The molecule has 2 amide bonds. The minimum Gasteiger partial charge on any atom is -0.490 e. The molecule has 0 aliphatic heterocycles. The van der Waals surface area contributed by atoms with Gasteiger partial charge in [-0.05, 0) is 68.9 Å². The monoisotopic (exact) mass is 528 g/mol. The van der Waals surface area contributed by atoms with E-state index in [1.807, 2.05) is 63.2 Å². The van der Waals surface area contributed by atoms with Crippen molar-refractivity contribution in [2.75, 3.05) is 13.2 Å². The Labute approximate surface area is 226 Å². The van der Waals surface area contributed by atoms with Gasteiger partial charge >= 0.3 is 0 Å². The first-order valence-electron chi connectivity index (χ1n) is 13.7. The summed E-state index contributed by atoms with van der Waals surface area (Å²) in [5.74, 6) is 1.23. The van der Waals surface area contributed by atoms with Gasteiger partial charge in [0.05, 0.1) is 13.2 Å². The number of rotatable bonds is 13. The summed E-state index contributed by atoms with van der Waals surface area (Å²) in [5, 5.41) is 3.82. The lowest BCUT2D eigenvalue weighted by Crippen LogP contribution is -2.51. The summed E-state index contributed by atoms with van der Waals surface area (Å²) in [4.78, 5) is 28.7. The molecule has 0 aromatic heterocycles. The van der Waals surface area contributed by atoms with Gasteiger partial charge < -0.3 is 19.7 Å². The highest BCUT2D eigenvalue weighted by atomic mass is 35.5. The number of hydrogen-bond donors (Lipinski definition) is 1. The average Bonchev–Trinajstić information content (AvgIpc) is 2.90. The molecule has 1 atom stereocenters. The Balaban J connectivity index is 1.77. The van der Waals surface area contributed by atoms with Crippen molar-refractivity contribution < 1.29 is 19.1 Å². The van der Waals surface area contributed by atoms with Crippen LogP contribution in [0.5, 0.6) is 11.5 Å². The molecule has 0 bridgehead atoms. The van der Waals surface area contributed by atoms with E-state index in [4.69, 9.17) is 21.1 Å². The maximum absolute atomic E-state index is 13.7. The number of carbonyl (C=O) groups excluding carboxylic acids is 2. The van der Waals surface area contributed by atoms with Crippen LogP contribution in [0, 0.1) is 0 Å². The van der Waals surface area contributed by atoms with Crippen LogP contribution in [-0.2, 0) is 22.6 Å². The van der Waals surface area contributed by atoms with Gasteiger partial charge in [0.2, 0.25) is 11.8 Å². The lowest BCUT2D eigenvalue weighted by atomic mass is 9.95. The summed E-state index contributed by atoms with van der Waals surface area (Å²) >= 11 is 6.45. The third-order valence-electron chi connectivity index (χ3n) is 6.87. The molecule has 0 radical (unpaired) electrons. The molecule has 1 fully saturated rings. The molecule has 37 heavy (non-hydrogen) atoms. The summed E-state index contributed by atoms with van der Waals surface area (Å²) in [6.07, 6.45) is 6.83. The Morgan fingerprint density at radius 1 is 1.00 bits per heavy atom. The van der Waals surface area contributed by atoms with Gasteiger partial charge in [0, 0.05) is 24.0 Å². The number of benzene rings is 2. The minimum absolute atomic E-state index is 0.0718. The van der Waals surface area contributed by atoms with Gasteiger partial charge in [-0.1, -0.05) is 62.1 Å². The number of ether oxygens (including phenoxy) is 2. The number of halogens is 1. The molecular weight excluding hydrogens is 488 g/mol. The van der Waals surface area contributed by atoms with E-state index in [0.717, 1.165) is 36.8 Å². The average molecular weight is 529 g/mol. The fourth-order valence-electron chi connectivity index (χ4n) is 4.92. The predicted molar refractivity (Wildman–Crippen MR) is 148 cm³/mol. The smallest absolute Gasteiger partial charge is 0.243 e.